The van der Waals surface area contributed by atoms with Crippen molar-refractivity contribution in [2.45, 2.75) is 104 Å². The fraction of sp³-hybridized carbons (Fsp3) is 1.00. The van der Waals surface area contributed by atoms with Crippen LogP contribution in [-0.4, -0.2) is 29.7 Å². The zero-order chi connectivity index (χ0) is 17.7. The van der Waals surface area contributed by atoms with Gasteiger partial charge < -0.3 is 4.74 Å². The fourth-order valence-corrected chi connectivity index (χ4v) is 1.44. The van der Waals surface area contributed by atoms with Gasteiger partial charge in [-0.1, -0.05) is 13.8 Å². The summed E-state index contributed by atoms with van der Waals surface area (Å²) in [6.07, 6.45) is 2.09. The van der Waals surface area contributed by atoms with Crippen molar-refractivity contribution in [3.8, 4) is 0 Å². The van der Waals surface area contributed by atoms with Crippen molar-refractivity contribution in [3.05, 3.63) is 0 Å². The highest BCUT2D eigenvalue weighted by Crippen LogP contribution is 2.31. The predicted molar refractivity (Wildman–Crippen MR) is 87.2 cm³/mol. The molecule has 134 valence electrons. The molecule has 0 aliphatic heterocycles. The van der Waals surface area contributed by atoms with Crippen LogP contribution in [-0.2, 0) is 24.3 Å². The van der Waals surface area contributed by atoms with E-state index in [0.29, 0.717) is 6.42 Å². The van der Waals surface area contributed by atoms with Crippen LogP contribution in [0.15, 0.2) is 0 Å². The third-order valence-electron chi connectivity index (χ3n) is 3.89. The van der Waals surface area contributed by atoms with E-state index in [1.54, 1.807) is 14.0 Å². The van der Waals surface area contributed by atoms with Crippen LogP contribution in [0.25, 0.3) is 0 Å². The Morgan fingerprint density at radius 1 is 0.591 bits per heavy atom. The number of methoxy groups -OCH3 is 1. The minimum Gasteiger partial charge on any atom is -0.379 e. The number of rotatable bonds is 11. The molecule has 0 saturated heterocycles. The fourth-order valence-electron chi connectivity index (χ4n) is 1.44. The molecule has 0 N–H and O–H groups in total. The molecule has 0 saturated carbocycles. The Balaban J connectivity index is 4.97. The Labute approximate surface area is 136 Å². The molecule has 0 atom stereocenters. The summed E-state index contributed by atoms with van der Waals surface area (Å²) < 4.78 is 5.48. The minimum absolute atomic E-state index is 0.401. The van der Waals surface area contributed by atoms with E-state index in [1.165, 1.54) is 0 Å². The molecule has 0 aromatic carbocycles. The lowest BCUT2D eigenvalue weighted by molar-refractivity contribution is -0.543. The van der Waals surface area contributed by atoms with Crippen LogP contribution in [0.5, 0.6) is 0 Å². The summed E-state index contributed by atoms with van der Waals surface area (Å²) in [5, 5.41) is 0. The van der Waals surface area contributed by atoms with Crippen LogP contribution in [0.4, 0.5) is 0 Å². The maximum atomic E-state index is 5.64. The first-order valence-corrected chi connectivity index (χ1v) is 8.09. The average Bonchev–Trinajstić information content (AvgIpc) is 2.43. The second kappa shape index (κ2) is 8.06. The summed E-state index contributed by atoms with van der Waals surface area (Å²) in [4.78, 5) is 22.4. The Kier molecular flexibility index (Phi) is 7.99. The van der Waals surface area contributed by atoms with Crippen LogP contribution in [0.2, 0.25) is 0 Å². The first-order valence-electron chi connectivity index (χ1n) is 8.09. The molecule has 0 unspecified atom stereocenters. The van der Waals surface area contributed by atoms with E-state index in [9.17, 15) is 0 Å². The van der Waals surface area contributed by atoms with Gasteiger partial charge in [0.1, 0.15) is 0 Å². The van der Waals surface area contributed by atoms with Crippen LogP contribution in [0.1, 0.15) is 81.6 Å². The van der Waals surface area contributed by atoms with Crippen molar-refractivity contribution in [2.75, 3.05) is 7.11 Å². The Morgan fingerprint density at radius 3 is 1.23 bits per heavy atom. The van der Waals surface area contributed by atoms with Gasteiger partial charge in [-0.2, -0.15) is 9.78 Å². The van der Waals surface area contributed by atoms with Crippen LogP contribution in [0.3, 0.4) is 0 Å². The first-order chi connectivity index (χ1) is 9.80. The standard InChI is InChI=1S/C17H36O5/c1-11-14(3,4)19-21-17(9,13-16(7,8)18-10)22-20-15(5,6)12-2/h11-13H2,1-10H3. The molecule has 0 aliphatic rings. The summed E-state index contributed by atoms with van der Waals surface area (Å²) in [6, 6.07) is 0. The van der Waals surface area contributed by atoms with E-state index in [0.717, 1.165) is 12.8 Å². The molecule has 0 fully saturated rings. The van der Waals surface area contributed by atoms with Crippen LogP contribution in [0, 0.1) is 0 Å². The highest BCUT2D eigenvalue weighted by Gasteiger charge is 2.40. The molecule has 0 aromatic heterocycles. The van der Waals surface area contributed by atoms with E-state index >= 15 is 0 Å². The largest absolute Gasteiger partial charge is 0.379 e. The summed E-state index contributed by atoms with van der Waals surface area (Å²) in [5.41, 5.74) is -1.24. The number of hydrogen-bond donors (Lipinski definition) is 0. The van der Waals surface area contributed by atoms with E-state index in [-0.39, 0.29) is 0 Å². The van der Waals surface area contributed by atoms with Crippen molar-refractivity contribution in [1.29, 1.82) is 0 Å². The molecule has 0 spiro atoms. The molecule has 0 bridgehead atoms. The molecule has 5 nitrogen and oxygen atoms in total. The van der Waals surface area contributed by atoms with Gasteiger partial charge in [-0.15, -0.1) is 0 Å². The first kappa shape index (κ1) is 21.8. The van der Waals surface area contributed by atoms with Crippen molar-refractivity contribution >= 4 is 0 Å². The summed E-state index contributed by atoms with van der Waals surface area (Å²) in [5.74, 6) is -1.07. The number of hydrogen-bond acceptors (Lipinski definition) is 5. The lowest BCUT2D eigenvalue weighted by Crippen LogP contribution is -2.44. The van der Waals surface area contributed by atoms with E-state index in [1.807, 2.05) is 55.4 Å². The third kappa shape index (κ3) is 8.44. The molecular weight excluding hydrogens is 284 g/mol. The maximum Gasteiger partial charge on any atom is 0.234 e. The Morgan fingerprint density at radius 2 is 0.955 bits per heavy atom. The van der Waals surface area contributed by atoms with Gasteiger partial charge in [0.2, 0.25) is 5.79 Å². The average molecular weight is 320 g/mol. The van der Waals surface area contributed by atoms with Crippen molar-refractivity contribution in [1.82, 2.24) is 0 Å². The maximum absolute atomic E-state index is 5.64. The second-order valence-electron chi connectivity index (χ2n) is 7.83. The molecule has 0 aromatic rings. The zero-order valence-corrected chi connectivity index (χ0v) is 16.2. The zero-order valence-electron chi connectivity index (χ0n) is 16.2. The minimum atomic E-state index is -1.07. The third-order valence-corrected chi connectivity index (χ3v) is 3.89. The molecule has 0 rings (SSSR count). The monoisotopic (exact) mass is 320 g/mol. The molecule has 0 amide bonds. The molecule has 5 heteroatoms. The molecule has 22 heavy (non-hydrogen) atoms. The Hall–Kier alpha value is -0.200. The molecule has 0 aliphatic carbocycles. The van der Waals surface area contributed by atoms with Gasteiger partial charge in [-0.3, -0.25) is 0 Å². The predicted octanol–water partition coefficient (Wildman–Crippen LogP) is 4.79. The van der Waals surface area contributed by atoms with Crippen molar-refractivity contribution < 1.29 is 24.3 Å². The lowest BCUT2D eigenvalue weighted by atomic mass is 9.99. The highest BCUT2D eigenvalue weighted by molar-refractivity contribution is 4.77. The van der Waals surface area contributed by atoms with Gasteiger partial charge in [-0.05, 0) is 61.3 Å². The summed E-state index contributed by atoms with van der Waals surface area (Å²) in [7, 11) is 1.66. The van der Waals surface area contributed by atoms with Gasteiger partial charge in [0.25, 0.3) is 0 Å². The van der Waals surface area contributed by atoms with Crippen LogP contribution >= 0.6 is 0 Å². The van der Waals surface area contributed by atoms with E-state index in [2.05, 4.69) is 0 Å². The smallest absolute Gasteiger partial charge is 0.234 e. The summed E-state index contributed by atoms with van der Waals surface area (Å²) in [6.45, 7) is 17.7. The van der Waals surface area contributed by atoms with E-state index < -0.39 is 22.6 Å². The van der Waals surface area contributed by atoms with Crippen molar-refractivity contribution in [3.63, 3.8) is 0 Å². The highest BCUT2D eigenvalue weighted by atomic mass is 17.3. The molecule has 0 heterocycles. The lowest BCUT2D eigenvalue weighted by Gasteiger charge is -2.38. The molecule has 0 radical (unpaired) electrons. The topological polar surface area (TPSA) is 46.2 Å². The van der Waals surface area contributed by atoms with E-state index in [4.69, 9.17) is 24.3 Å². The van der Waals surface area contributed by atoms with Gasteiger partial charge in [-0.25, -0.2) is 9.78 Å². The van der Waals surface area contributed by atoms with Gasteiger partial charge in [0.05, 0.1) is 16.8 Å². The quantitative estimate of drug-likeness (QED) is 0.311. The van der Waals surface area contributed by atoms with Gasteiger partial charge >= 0.3 is 0 Å². The van der Waals surface area contributed by atoms with Crippen LogP contribution < -0.4 is 0 Å². The SMILES string of the molecule is CCC(C)(C)OOC(C)(CC(C)(C)OC)OOC(C)(C)CC. The van der Waals surface area contributed by atoms with Gasteiger partial charge in [0, 0.05) is 13.5 Å². The second-order valence-corrected chi connectivity index (χ2v) is 7.83. The van der Waals surface area contributed by atoms with Crippen molar-refractivity contribution in [2.24, 2.45) is 0 Å². The normalized spacial score (nSPS) is 14.5. The summed E-state index contributed by atoms with van der Waals surface area (Å²) >= 11 is 0. The number of ether oxygens (including phenoxy) is 1. The van der Waals surface area contributed by atoms with Gasteiger partial charge in [0.15, 0.2) is 0 Å². The Bertz CT molecular complexity index is 303. The molecular formula is C17H36O5.